The number of hydrogen-bond donors (Lipinski definition) is 0. The SMILES string of the molecule is [2H]c1c([2H])c([2H])c(-c2cccc(-c3c([2H])c([2H])c([2H])c([2H])c3[2H])c2-[n+]2[c-]n(-c3cccc(Oc4ccc5c6cc(-n7c8ccccc8c8ccccc87)ccc6n(-c6cc(C(C)(C)C)ccn6)c5c4)c3)c3ccc(-c4ccccc4)cc32)c([2H])c1[2H]. The standard InChI is InChI=1S/C70H51N5O/c1-70(2,3)51-39-40-71-68(42-51)75-64-38-34-53(74-62-31-15-13-27-58(62)59-28-14-16-32-63(59)74)44-61(64)60-36-35-55(45-66(60)75)76-54-26-17-25-52(43-54)72-46-73(67-41-50(33-37-65(67)72)47-19-7-4-8-20-47)69-56(48-21-9-5-10-22-48)29-18-30-57(69)49-23-11-6-12-24-49/h4-45H,1-3H3/i5D,6D,9D,10D,11D,12D,21D,22D,23D,24D. The zero-order valence-corrected chi connectivity index (χ0v) is 41.6. The van der Waals surface area contributed by atoms with E-state index in [0.717, 1.165) is 61.0 Å². The Labute approximate surface area is 455 Å². The first-order valence-corrected chi connectivity index (χ1v) is 25.1. The molecular formula is C70H51N5O. The summed E-state index contributed by atoms with van der Waals surface area (Å²) >= 11 is 0. The van der Waals surface area contributed by atoms with Crippen LogP contribution in [0.3, 0.4) is 0 Å². The van der Waals surface area contributed by atoms with Gasteiger partial charge in [0.05, 0.1) is 58.2 Å². The fourth-order valence-electron chi connectivity index (χ4n) is 10.7. The first kappa shape index (κ1) is 35.4. The fraction of sp³-hybridized carbons (Fsp3) is 0.0571. The highest BCUT2D eigenvalue weighted by Gasteiger charge is 2.23. The van der Waals surface area contributed by atoms with Crippen LogP contribution in [0.5, 0.6) is 11.5 Å². The van der Waals surface area contributed by atoms with Crippen molar-refractivity contribution < 1.29 is 23.0 Å². The third-order valence-electron chi connectivity index (χ3n) is 14.3. The van der Waals surface area contributed by atoms with Gasteiger partial charge in [-0.3, -0.25) is 13.7 Å². The van der Waals surface area contributed by atoms with Gasteiger partial charge in [-0.2, -0.15) is 0 Å². The van der Waals surface area contributed by atoms with E-state index in [-0.39, 0.29) is 33.4 Å². The number of imidazole rings is 1. The lowest BCUT2D eigenvalue weighted by atomic mass is 9.88. The monoisotopic (exact) mass is 987 g/mol. The molecule has 0 spiro atoms. The molecule has 6 heteroatoms. The summed E-state index contributed by atoms with van der Waals surface area (Å²) in [5.41, 5.74) is 9.75. The number of aromatic nitrogens is 5. The molecule has 6 nitrogen and oxygen atoms in total. The largest absolute Gasteiger partial charge is 0.458 e. The average molecular weight is 988 g/mol. The maximum atomic E-state index is 9.22. The second-order valence-electron chi connectivity index (χ2n) is 19.9. The van der Waals surface area contributed by atoms with Gasteiger partial charge in [0.15, 0.2) is 0 Å². The molecule has 0 saturated heterocycles. The number of pyridine rings is 1. The number of hydrogen-bond acceptors (Lipinski definition) is 2. The first-order chi connectivity index (χ1) is 41.5. The molecule has 0 fully saturated rings. The van der Waals surface area contributed by atoms with Crippen LogP contribution in [0.1, 0.15) is 40.0 Å². The molecule has 14 aromatic rings. The van der Waals surface area contributed by atoms with Crippen LogP contribution in [0.2, 0.25) is 0 Å². The Hall–Kier alpha value is -9.78. The third-order valence-corrected chi connectivity index (χ3v) is 14.3. The molecule has 0 amide bonds. The molecule has 362 valence electrons. The van der Waals surface area contributed by atoms with E-state index in [2.05, 4.69) is 121 Å². The van der Waals surface area contributed by atoms with E-state index in [1.165, 1.54) is 10.8 Å². The van der Waals surface area contributed by atoms with E-state index in [1.54, 1.807) is 22.8 Å². The Morgan fingerprint density at radius 1 is 0.461 bits per heavy atom. The Morgan fingerprint density at radius 2 is 1.09 bits per heavy atom. The molecule has 0 radical (unpaired) electrons. The number of ether oxygens (including phenoxy) is 1. The minimum atomic E-state index is -0.576. The predicted molar refractivity (Wildman–Crippen MR) is 312 cm³/mol. The summed E-state index contributed by atoms with van der Waals surface area (Å²) in [6.45, 7) is 6.58. The number of rotatable bonds is 9. The highest BCUT2D eigenvalue weighted by molar-refractivity contribution is 6.12. The summed E-state index contributed by atoms with van der Waals surface area (Å²) in [4.78, 5) is 4.99. The minimum absolute atomic E-state index is 0.143. The lowest BCUT2D eigenvalue weighted by Crippen LogP contribution is -2.31. The Morgan fingerprint density at radius 3 is 1.80 bits per heavy atom. The zero-order chi connectivity index (χ0) is 59.6. The lowest BCUT2D eigenvalue weighted by molar-refractivity contribution is -0.571. The Balaban J connectivity index is 0.955. The molecule has 4 aromatic heterocycles. The van der Waals surface area contributed by atoms with Gasteiger partial charge in [0.1, 0.15) is 17.3 Å². The quantitative estimate of drug-likeness (QED) is 0.107. The first-order valence-electron chi connectivity index (χ1n) is 30.1. The Bertz CT molecular complexity index is 4960. The molecule has 14 rings (SSSR count). The molecule has 0 bridgehead atoms. The van der Waals surface area contributed by atoms with Crippen LogP contribution < -0.4 is 9.30 Å². The summed E-state index contributed by atoms with van der Waals surface area (Å²) < 4.78 is 104. The molecule has 4 heterocycles. The summed E-state index contributed by atoms with van der Waals surface area (Å²) in [5.74, 6) is 1.82. The molecule has 0 atom stereocenters. The highest BCUT2D eigenvalue weighted by atomic mass is 16.5. The van der Waals surface area contributed by atoms with Crippen molar-refractivity contribution in [3.63, 3.8) is 0 Å². The van der Waals surface area contributed by atoms with Crippen molar-refractivity contribution in [3.05, 3.63) is 267 Å². The van der Waals surface area contributed by atoms with Gasteiger partial charge >= 0.3 is 0 Å². The van der Waals surface area contributed by atoms with Gasteiger partial charge in [0, 0.05) is 39.5 Å². The molecule has 0 aliphatic rings. The molecule has 76 heavy (non-hydrogen) atoms. The summed E-state index contributed by atoms with van der Waals surface area (Å²) in [6.07, 6.45) is 5.41. The number of benzene rings is 10. The van der Waals surface area contributed by atoms with Crippen molar-refractivity contribution in [2.24, 2.45) is 0 Å². The third kappa shape index (κ3) is 7.65. The van der Waals surface area contributed by atoms with Crippen LogP contribution in [-0.4, -0.2) is 18.7 Å². The van der Waals surface area contributed by atoms with Crippen LogP contribution in [0.25, 0.3) is 111 Å². The fourth-order valence-corrected chi connectivity index (χ4v) is 10.7. The van der Waals surface area contributed by atoms with Gasteiger partial charge in [0.25, 0.3) is 6.33 Å². The number of fused-ring (bicyclic) bond motifs is 7. The molecule has 10 aromatic carbocycles. The Kier molecular flexibility index (Phi) is 8.38. The summed E-state index contributed by atoms with van der Waals surface area (Å²) in [6, 6.07) is 56.6. The predicted octanol–water partition coefficient (Wildman–Crippen LogP) is 17.4. The van der Waals surface area contributed by atoms with Crippen molar-refractivity contribution in [3.8, 4) is 67.8 Å². The van der Waals surface area contributed by atoms with E-state index < -0.39 is 60.4 Å². The van der Waals surface area contributed by atoms with Crippen LogP contribution in [0, 0.1) is 6.33 Å². The van der Waals surface area contributed by atoms with Gasteiger partial charge in [-0.15, -0.1) is 0 Å². The molecule has 0 N–H and O–H groups in total. The van der Waals surface area contributed by atoms with Crippen molar-refractivity contribution in [1.29, 1.82) is 0 Å². The topological polar surface area (TPSA) is 40.8 Å². The molecular weight excluding hydrogens is 927 g/mol. The van der Waals surface area contributed by atoms with Crippen molar-refractivity contribution >= 4 is 54.6 Å². The van der Waals surface area contributed by atoms with Crippen molar-refractivity contribution in [2.75, 3.05) is 0 Å². The van der Waals surface area contributed by atoms with Crippen LogP contribution in [0.4, 0.5) is 0 Å². The number of para-hydroxylation sites is 3. The van der Waals surface area contributed by atoms with Gasteiger partial charge in [-0.1, -0.05) is 184 Å². The lowest BCUT2D eigenvalue weighted by Gasteiger charge is -2.20. The smallest absolute Gasteiger partial charge is 0.269 e. The maximum Gasteiger partial charge on any atom is 0.269 e. The van der Waals surface area contributed by atoms with Crippen molar-refractivity contribution in [2.45, 2.75) is 26.2 Å². The zero-order valence-electron chi connectivity index (χ0n) is 51.6. The van der Waals surface area contributed by atoms with E-state index >= 15 is 0 Å². The van der Waals surface area contributed by atoms with Gasteiger partial charge < -0.3 is 9.30 Å². The molecule has 0 aliphatic heterocycles. The van der Waals surface area contributed by atoms with Gasteiger partial charge in [-0.05, 0) is 123 Å². The minimum Gasteiger partial charge on any atom is -0.458 e. The summed E-state index contributed by atoms with van der Waals surface area (Å²) in [5, 5.41) is 4.40. The van der Waals surface area contributed by atoms with Crippen molar-refractivity contribution in [1.82, 2.24) is 18.7 Å². The molecule has 0 unspecified atom stereocenters. The van der Waals surface area contributed by atoms with E-state index in [9.17, 15) is 5.48 Å². The molecule has 0 aliphatic carbocycles. The van der Waals surface area contributed by atoms with Gasteiger partial charge in [-0.25, -0.2) is 4.98 Å². The normalized spacial score (nSPS) is 13.7. The van der Waals surface area contributed by atoms with Crippen LogP contribution in [0.15, 0.2) is 255 Å². The molecule has 0 saturated carbocycles. The number of nitrogens with zero attached hydrogens (tertiary/aromatic N) is 5. The average Bonchev–Trinajstić information content (AvgIpc) is 1.76. The second-order valence-corrected chi connectivity index (χ2v) is 19.9. The van der Waals surface area contributed by atoms with E-state index in [4.69, 9.17) is 17.9 Å². The van der Waals surface area contributed by atoms with Gasteiger partial charge in [0.2, 0.25) is 0 Å². The van der Waals surface area contributed by atoms with Crippen LogP contribution in [-0.2, 0) is 5.41 Å². The highest BCUT2D eigenvalue weighted by Crippen LogP contribution is 2.40. The van der Waals surface area contributed by atoms with Crippen LogP contribution >= 0.6 is 0 Å². The maximum absolute atomic E-state index is 9.22. The summed E-state index contributed by atoms with van der Waals surface area (Å²) in [7, 11) is 0. The van der Waals surface area contributed by atoms with E-state index in [1.807, 2.05) is 95.7 Å². The second kappa shape index (κ2) is 18.0. The van der Waals surface area contributed by atoms with E-state index in [0.29, 0.717) is 28.2 Å².